The average molecular weight is 282 g/mol. The van der Waals surface area contributed by atoms with E-state index in [-0.39, 0.29) is 17.0 Å². The molecule has 0 saturated heterocycles. The zero-order valence-electron chi connectivity index (χ0n) is 10.7. The van der Waals surface area contributed by atoms with Gasteiger partial charge in [-0.05, 0) is 12.1 Å². The van der Waals surface area contributed by atoms with Crippen LogP contribution < -0.4 is 0 Å². The molecule has 0 atom stereocenters. The van der Waals surface area contributed by atoms with Gasteiger partial charge in [-0.3, -0.25) is 4.79 Å². The molecular formula is C14H10N4O3. The number of carboxylic acid groups (broad SMARTS) is 1. The normalized spacial score (nSPS) is 10.5. The van der Waals surface area contributed by atoms with Crippen LogP contribution in [0.15, 0.2) is 49.1 Å². The summed E-state index contributed by atoms with van der Waals surface area (Å²) in [5.74, 6) is -1.72. The second kappa shape index (κ2) is 5.04. The largest absolute Gasteiger partial charge is 0.477 e. The van der Waals surface area contributed by atoms with Crippen molar-refractivity contribution in [1.29, 1.82) is 0 Å². The van der Waals surface area contributed by atoms with E-state index in [1.165, 1.54) is 18.7 Å². The van der Waals surface area contributed by atoms with Crippen molar-refractivity contribution in [3.8, 4) is 5.69 Å². The van der Waals surface area contributed by atoms with E-state index in [4.69, 9.17) is 5.11 Å². The topological polar surface area (TPSA) is 101 Å². The van der Waals surface area contributed by atoms with E-state index in [2.05, 4.69) is 15.1 Å². The van der Waals surface area contributed by atoms with Crippen molar-refractivity contribution in [3.05, 3.63) is 66.0 Å². The quantitative estimate of drug-likeness (QED) is 0.706. The van der Waals surface area contributed by atoms with Gasteiger partial charge in [0, 0.05) is 6.20 Å². The van der Waals surface area contributed by atoms with Gasteiger partial charge in [0.25, 0.3) is 0 Å². The van der Waals surface area contributed by atoms with Crippen molar-refractivity contribution in [2.45, 2.75) is 0 Å². The number of hydrogen-bond donors (Lipinski definition) is 2. The molecule has 0 fully saturated rings. The maximum Gasteiger partial charge on any atom is 0.354 e. The highest BCUT2D eigenvalue weighted by Crippen LogP contribution is 2.13. The lowest BCUT2D eigenvalue weighted by atomic mass is 10.1. The number of para-hydroxylation sites is 1. The molecule has 2 aromatic heterocycles. The van der Waals surface area contributed by atoms with Crippen LogP contribution in [0.2, 0.25) is 0 Å². The summed E-state index contributed by atoms with van der Waals surface area (Å²) in [6, 6.07) is 9.28. The van der Waals surface area contributed by atoms with E-state index in [9.17, 15) is 9.59 Å². The Labute approximate surface area is 118 Å². The number of aromatic nitrogens is 4. The summed E-state index contributed by atoms with van der Waals surface area (Å²) < 4.78 is 1.54. The number of benzene rings is 1. The molecule has 104 valence electrons. The molecule has 0 aliphatic carbocycles. The molecule has 7 heteroatoms. The van der Waals surface area contributed by atoms with Crippen LogP contribution in [-0.4, -0.2) is 36.6 Å². The zero-order chi connectivity index (χ0) is 14.8. The second-order valence-electron chi connectivity index (χ2n) is 4.27. The van der Waals surface area contributed by atoms with Crippen molar-refractivity contribution >= 4 is 11.8 Å². The predicted molar refractivity (Wildman–Crippen MR) is 72.5 cm³/mol. The molecular weight excluding hydrogens is 272 g/mol. The van der Waals surface area contributed by atoms with Crippen molar-refractivity contribution in [2.24, 2.45) is 0 Å². The van der Waals surface area contributed by atoms with Crippen LogP contribution in [0.25, 0.3) is 5.69 Å². The number of H-pyrrole nitrogens is 1. The number of rotatable bonds is 4. The highest BCUT2D eigenvalue weighted by atomic mass is 16.4. The van der Waals surface area contributed by atoms with E-state index in [1.54, 1.807) is 4.68 Å². The first-order valence-corrected chi connectivity index (χ1v) is 6.08. The molecule has 1 aromatic carbocycles. The Morgan fingerprint density at radius 3 is 2.67 bits per heavy atom. The molecule has 0 bridgehead atoms. The van der Waals surface area contributed by atoms with Crippen LogP contribution in [0, 0.1) is 0 Å². The number of carboxylic acids is 1. The van der Waals surface area contributed by atoms with Crippen LogP contribution in [0.3, 0.4) is 0 Å². The number of ketones is 1. The van der Waals surface area contributed by atoms with Gasteiger partial charge in [0.15, 0.2) is 5.69 Å². The lowest BCUT2D eigenvalue weighted by molar-refractivity contribution is 0.0687. The van der Waals surface area contributed by atoms with Gasteiger partial charge in [-0.2, -0.15) is 5.10 Å². The van der Waals surface area contributed by atoms with Crippen LogP contribution >= 0.6 is 0 Å². The lowest BCUT2D eigenvalue weighted by Crippen LogP contribution is -2.09. The highest BCUT2D eigenvalue weighted by Gasteiger charge is 2.22. The Morgan fingerprint density at radius 2 is 1.95 bits per heavy atom. The SMILES string of the molecule is O=C(c1cnn(-c2ccccc2)c1)c1nc[nH]c1C(=O)O. The van der Waals surface area contributed by atoms with Gasteiger partial charge < -0.3 is 10.1 Å². The van der Waals surface area contributed by atoms with Crippen LogP contribution in [0.4, 0.5) is 0 Å². The van der Waals surface area contributed by atoms with E-state index in [0.717, 1.165) is 5.69 Å². The van der Waals surface area contributed by atoms with Gasteiger partial charge in [-0.15, -0.1) is 0 Å². The molecule has 2 N–H and O–H groups in total. The first-order chi connectivity index (χ1) is 10.2. The van der Waals surface area contributed by atoms with Gasteiger partial charge >= 0.3 is 5.97 Å². The van der Waals surface area contributed by atoms with E-state index < -0.39 is 11.8 Å². The maximum atomic E-state index is 12.3. The fourth-order valence-electron chi connectivity index (χ4n) is 1.93. The summed E-state index contributed by atoms with van der Waals surface area (Å²) >= 11 is 0. The van der Waals surface area contributed by atoms with Crippen LogP contribution in [-0.2, 0) is 0 Å². The smallest absolute Gasteiger partial charge is 0.354 e. The zero-order valence-corrected chi connectivity index (χ0v) is 10.7. The van der Waals surface area contributed by atoms with Gasteiger partial charge in [-0.1, -0.05) is 18.2 Å². The second-order valence-corrected chi connectivity index (χ2v) is 4.27. The first kappa shape index (κ1) is 12.8. The monoisotopic (exact) mass is 282 g/mol. The Hall–Kier alpha value is -3.22. The number of imidazole rings is 1. The van der Waals surface area contributed by atoms with Gasteiger partial charge in [0.1, 0.15) is 5.69 Å². The molecule has 0 spiro atoms. The number of aromatic carboxylic acids is 1. The summed E-state index contributed by atoms with van der Waals surface area (Å²) in [6.07, 6.45) is 4.10. The summed E-state index contributed by atoms with van der Waals surface area (Å²) in [4.78, 5) is 29.5. The standard InChI is InChI=1S/C14H10N4O3/c19-13(11-12(14(20)21)16-8-15-11)9-6-17-18(7-9)10-4-2-1-3-5-10/h1-8H,(H,15,16)(H,20,21). The molecule has 0 saturated carbocycles. The molecule has 21 heavy (non-hydrogen) atoms. The van der Waals surface area contributed by atoms with Crippen LogP contribution in [0.5, 0.6) is 0 Å². The van der Waals surface area contributed by atoms with Crippen molar-refractivity contribution < 1.29 is 14.7 Å². The predicted octanol–water partition coefficient (Wildman–Crippen LogP) is 1.52. The molecule has 7 nitrogen and oxygen atoms in total. The maximum absolute atomic E-state index is 12.3. The van der Waals surface area contributed by atoms with Gasteiger partial charge in [0.2, 0.25) is 5.78 Å². The molecule has 0 radical (unpaired) electrons. The fourth-order valence-corrected chi connectivity index (χ4v) is 1.93. The Balaban J connectivity index is 1.95. The third kappa shape index (κ3) is 2.32. The van der Waals surface area contributed by atoms with Crippen molar-refractivity contribution in [3.63, 3.8) is 0 Å². The summed E-state index contributed by atoms with van der Waals surface area (Å²) in [5.41, 5.74) is 0.716. The summed E-state index contributed by atoms with van der Waals surface area (Å²) in [5, 5.41) is 13.1. The number of aromatic amines is 1. The molecule has 0 unspecified atom stereocenters. The average Bonchev–Trinajstić information content (AvgIpc) is 3.17. The molecule has 2 heterocycles. The molecule has 0 aliphatic heterocycles. The Kier molecular flexibility index (Phi) is 3.07. The third-order valence-electron chi connectivity index (χ3n) is 2.93. The van der Waals surface area contributed by atoms with Gasteiger partial charge in [-0.25, -0.2) is 14.5 Å². The van der Waals surface area contributed by atoms with Crippen LogP contribution in [0.1, 0.15) is 26.5 Å². The number of nitrogens with one attached hydrogen (secondary N) is 1. The number of hydrogen-bond acceptors (Lipinski definition) is 4. The number of nitrogens with zero attached hydrogens (tertiary/aromatic N) is 3. The minimum atomic E-state index is -1.23. The molecule has 3 aromatic rings. The van der Waals surface area contributed by atoms with E-state index in [0.29, 0.717) is 0 Å². The van der Waals surface area contributed by atoms with Gasteiger partial charge in [0.05, 0.1) is 23.8 Å². The molecule has 0 amide bonds. The summed E-state index contributed by atoms with van der Waals surface area (Å²) in [7, 11) is 0. The lowest BCUT2D eigenvalue weighted by Gasteiger charge is -1.99. The molecule has 0 aliphatic rings. The number of carbonyl (C=O) groups is 2. The van der Waals surface area contributed by atoms with Crippen molar-refractivity contribution in [2.75, 3.05) is 0 Å². The Morgan fingerprint density at radius 1 is 1.19 bits per heavy atom. The van der Waals surface area contributed by atoms with Crippen molar-refractivity contribution in [1.82, 2.24) is 19.7 Å². The Bertz CT molecular complexity index is 805. The molecule has 3 rings (SSSR count). The fraction of sp³-hybridized carbons (Fsp3) is 0. The third-order valence-corrected chi connectivity index (χ3v) is 2.93. The highest BCUT2D eigenvalue weighted by molar-refractivity contribution is 6.12. The van der Waals surface area contributed by atoms with E-state index >= 15 is 0 Å². The first-order valence-electron chi connectivity index (χ1n) is 6.08. The number of carbonyl (C=O) groups excluding carboxylic acids is 1. The minimum Gasteiger partial charge on any atom is -0.477 e. The summed E-state index contributed by atoms with van der Waals surface area (Å²) in [6.45, 7) is 0. The minimum absolute atomic E-state index is 0.130. The van der Waals surface area contributed by atoms with E-state index in [1.807, 2.05) is 30.3 Å².